The number of pyridine rings is 1. The summed E-state index contributed by atoms with van der Waals surface area (Å²) in [4.78, 5) is 4.16. The van der Waals surface area contributed by atoms with E-state index in [1.54, 1.807) is 18.3 Å². The summed E-state index contributed by atoms with van der Waals surface area (Å²) in [5, 5.41) is 0. The number of hydrogen-bond acceptors (Lipinski definition) is 2. The SMILES string of the molecule is Cc1ccc(C(N)c2ccc(Br)cc2F)cn1. The molecule has 2 N–H and O–H groups in total. The first-order valence-corrected chi connectivity index (χ1v) is 6.00. The molecule has 2 rings (SSSR count). The topological polar surface area (TPSA) is 38.9 Å². The van der Waals surface area contributed by atoms with Crippen molar-refractivity contribution in [2.24, 2.45) is 5.73 Å². The van der Waals surface area contributed by atoms with E-state index >= 15 is 0 Å². The Kier molecular flexibility index (Phi) is 3.54. The minimum Gasteiger partial charge on any atom is -0.320 e. The van der Waals surface area contributed by atoms with Gasteiger partial charge in [-0.05, 0) is 30.7 Å². The van der Waals surface area contributed by atoms with Gasteiger partial charge in [0.2, 0.25) is 0 Å². The monoisotopic (exact) mass is 294 g/mol. The van der Waals surface area contributed by atoms with Crippen LogP contribution in [0.3, 0.4) is 0 Å². The van der Waals surface area contributed by atoms with Crippen molar-refractivity contribution < 1.29 is 4.39 Å². The molecule has 1 aromatic heterocycles. The van der Waals surface area contributed by atoms with Gasteiger partial charge < -0.3 is 5.73 Å². The number of benzene rings is 1. The molecule has 0 fully saturated rings. The number of nitrogens with two attached hydrogens (primary N) is 1. The van der Waals surface area contributed by atoms with Crippen LogP contribution >= 0.6 is 15.9 Å². The lowest BCUT2D eigenvalue weighted by atomic mass is 10.0. The Morgan fingerprint density at radius 1 is 1.29 bits per heavy atom. The van der Waals surface area contributed by atoms with Crippen molar-refractivity contribution in [2.45, 2.75) is 13.0 Å². The van der Waals surface area contributed by atoms with Crippen molar-refractivity contribution >= 4 is 15.9 Å². The van der Waals surface area contributed by atoms with Crippen LogP contribution in [0.2, 0.25) is 0 Å². The Labute approximate surface area is 108 Å². The van der Waals surface area contributed by atoms with Gasteiger partial charge in [-0.25, -0.2) is 4.39 Å². The lowest BCUT2D eigenvalue weighted by Crippen LogP contribution is -2.14. The summed E-state index contributed by atoms with van der Waals surface area (Å²) in [7, 11) is 0. The third-order valence-corrected chi connectivity index (χ3v) is 3.08. The number of nitrogens with zero attached hydrogens (tertiary/aromatic N) is 1. The Balaban J connectivity index is 2.36. The van der Waals surface area contributed by atoms with Crippen molar-refractivity contribution in [1.29, 1.82) is 0 Å². The molecule has 2 aromatic rings. The van der Waals surface area contributed by atoms with Gasteiger partial charge in [-0.2, -0.15) is 0 Å². The maximum Gasteiger partial charge on any atom is 0.129 e. The van der Waals surface area contributed by atoms with E-state index in [9.17, 15) is 4.39 Å². The van der Waals surface area contributed by atoms with E-state index in [-0.39, 0.29) is 5.82 Å². The molecule has 0 bridgehead atoms. The molecule has 0 amide bonds. The summed E-state index contributed by atoms with van der Waals surface area (Å²) < 4.78 is 14.4. The van der Waals surface area contributed by atoms with E-state index in [4.69, 9.17) is 5.73 Å². The van der Waals surface area contributed by atoms with Crippen molar-refractivity contribution in [1.82, 2.24) is 4.98 Å². The molecule has 4 heteroatoms. The summed E-state index contributed by atoms with van der Waals surface area (Å²) in [6.45, 7) is 1.90. The second kappa shape index (κ2) is 4.94. The van der Waals surface area contributed by atoms with Crippen LogP contribution in [0.4, 0.5) is 4.39 Å². The van der Waals surface area contributed by atoms with E-state index in [0.29, 0.717) is 10.0 Å². The second-order valence-corrected chi connectivity index (χ2v) is 4.79. The summed E-state index contributed by atoms with van der Waals surface area (Å²) in [6, 6.07) is 8.12. The predicted molar refractivity (Wildman–Crippen MR) is 69.1 cm³/mol. The maximum absolute atomic E-state index is 13.7. The van der Waals surface area contributed by atoms with E-state index < -0.39 is 6.04 Å². The molecule has 0 spiro atoms. The fourth-order valence-electron chi connectivity index (χ4n) is 1.60. The van der Waals surface area contributed by atoms with Gasteiger partial charge in [0, 0.05) is 21.9 Å². The second-order valence-electron chi connectivity index (χ2n) is 3.88. The van der Waals surface area contributed by atoms with Crippen LogP contribution in [0.15, 0.2) is 41.0 Å². The minimum atomic E-state index is -0.490. The molecular formula is C13H12BrFN2. The molecule has 17 heavy (non-hydrogen) atoms. The van der Waals surface area contributed by atoms with E-state index in [2.05, 4.69) is 20.9 Å². The lowest BCUT2D eigenvalue weighted by Gasteiger charge is -2.13. The third-order valence-electron chi connectivity index (χ3n) is 2.59. The number of rotatable bonds is 2. The Morgan fingerprint density at radius 2 is 2.06 bits per heavy atom. The van der Waals surface area contributed by atoms with E-state index in [0.717, 1.165) is 11.3 Å². The van der Waals surface area contributed by atoms with Gasteiger partial charge >= 0.3 is 0 Å². The fraction of sp³-hybridized carbons (Fsp3) is 0.154. The first-order chi connectivity index (χ1) is 8.08. The molecule has 0 aliphatic carbocycles. The van der Waals surface area contributed by atoms with Crippen LogP contribution in [-0.2, 0) is 0 Å². The van der Waals surface area contributed by atoms with Gasteiger partial charge in [0.1, 0.15) is 5.82 Å². The van der Waals surface area contributed by atoms with Gasteiger partial charge in [0.15, 0.2) is 0 Å². The van der Waals surface area contributed by atoms with Crippen LogP contribution in [-0.4, -0.2) is 4.98 Å². The third kappa shape index (κ3) is 2.70. The maximum atomic E-state index is 13.7. The first-order valence-electron chi connectivity index (χ1n) is 5.21. The van der Waals surface area contributed by atoms with Crippen LogP contribution in [0.1, 0.15) is 22.9 Å². The van der Waals surface area contributed by atoms with Gasteiger partial charge in [-0.3, -0.25) is 4.98 Å². The molecule has 0 aliphatic rings. The highest BCUT2D eigenvalue weighted by Gasteiger charge is 2.13. The van der Waals surface area contributed by atoms with Gasteiger partial charge in [-0.15, -0.1) is 0 Å². The van der Waals surface area contributed by atoms with E-state index in [1.807, 2.05) is 19.1 Å². The number of halogens is 2. The molecule has 0 saturated heterocycles. The van der Waals surface area contributed by atoms with Crippen molar-refractivity contribution in [3.63, 3.8) is 0 Å². The average molecular weight is 295 g/mol. The molecule has 1 atom stereocenters. The standard InChI is InChI=1S/C13H12BrFN2/c1-8-2-3-9(7-17-8)13(16)11-5-4-10(14)6-12(11)15/h2-7,13H,16H2,1H3. The zero-order chi connectivity index (χ0) is 12.4. The minimum absolute atomic E-state index is 0.313. The average Bonchev–Trinajstić information content (AvgIpc) is 2.29. The van der Waals surface area contributed by atoms with E-state index in [1.165, 1.54) is 6.07 Å². The summed E-state index contributed by atoms with van der Waals surface area (Å²) in [5.74, 6) is -0.313. The molecule has 1 aromatic carbocycles. The molecule has 2 nitrogen and oxygen atoms in total. The molecule has 0 aliphatic heterocycles. The highest BCUT2D eigenvalue weighted by atomic mass is 79.9. The smallest absolute Gasteiger partial charge is 0.129 e. The van der Waals surface area contributed by atoms with Crippen LogP contribution in [0.5, 0.6) is 0 Å². The molecule has 0 saturated carbocycles. The number of aryl methyl sites for hydroxylation is 1. The van der Waals surface area contributed by atoms with Gasteiger partial charge in [0.05, 0.1) is 6.04 Å². The highest BCUT2D eigenvalue weighted by molar-refractivity contribution is 9.10. The predicted octanol–water partition coefficient (Wildman–Crippen LogP) is 3.34. The van der Waals surface area contributed by atoms with Crippen LogP contribution < -0.4 is 5.73 Å². The first kappa shape index (κ1) is 12.2. The van der Waals surface area contributed by atoms with Gasteiger partial charge in [-0.1, -0.05) is 28.1 Å². The molecule has 88 valence electrons. The Hall–Kier alpha value is -1.26. The molecule has 0 radical (unpaired) electrons. The van der Waals surface area contributed by atoms with Crippen molar-refractivity contribution in [2.75, 3.05) is 0 Å². The fourth-order valence-corrected chi connectivity index (χ4v) is 1.93. The normalized spacial score (nSPS) is 12.5. The molecular weight excluding hydrogens is 283 g/mol. The number of aromatic nitrogens is 1. The quantitative estimate of drug-likeness (QED) is 0.923. The van der Waals surface area contributed by atoms with Crippen molar-refractivity contribution in [3.8, 4) is 0 Å². The number of hydrogen-bond donors (Lipinski definition) is 1. The van der Waals surface area contributed by atoms with Crippen LogP contribution in [0, 0.1) is 12.7 Å². The molecule has 1 heterocycles. The molecule has 1 unspecified atom stereocenters. The van der Waals surface area contributed by atoms with Gasteiger partial charge in [0.25, 0.3) is 0 Å². The lowest BCUT2D eigenvalue weighted by molar-refractivity contribution is 0.598. The van der Waals surface area contributed by atoms with Crippen LogP contribution in [0.25, 0.3) is 0 Å². The largest absolute Gasteiger partial charge is 0.320 e. The summed E-state index contributed by atoms with van der Waals surface area (Å²) in [6.07, 6.45) is 1.68. The Morgan fingerprint density at radius 3 is 2.65 bits per heavy atom. The summed E-state index contributed by atoms with van der Waals surface area (Å²) >= 11 is 3.22. The zero-order valence-electron chi connectivity index (χ0n) is 9.32. The summed E-state index contributed by atoms with van der Waals surface area (Å²) in [5.41, 5.74) is 8.21. The Bertz CT molecular complexity index is 525. The zero-order valence-corrected chi connectivity index (χ0v) is 10.9. The van der Waals surface area contributed by atoms with Crippen molar-refractivity contribution in [3.05, 3.63) is 63.6 Å². The highest BCUT2D eigenvalue weighted by Crippen LogP contribution is 2.24.